The normalized spacial score (nSPS) is 16.4. The average Bonchev–Trinajstić information content (AvgIpc) is 2.61. The van der Waals surface area contributed by atoms with Crippen LogP contribution in [0.5, 0.6) is 11.5 Å². The van der Waals surface area contributed by atoms with Gasteiger partial charge in [-0.2, -0.15) is 0 Å². The van der Waals surface area contributed by atoms with E-state index in [0.717, 1.165) is 12.5 Å². The highest BCUT2D eigenvalue weighted by atomic mass is 16.6. The number of urea groups is 1. The van der Waals surface area contributed by atoms with Crippen molar-refractivity contribution in [1.82, 2.24) is 10.6 Å². The fourth-order valence-corrected chi connectivity index (χ4v) is 2.66. The zero-order chi connectivity index (χ0) is 20.1. The molecule has 1 heterocycles. The molecule has 1 aliphatic rings. The number of carbonyl (C=O) groups is 2. The summed E-state index contributed by atoms with van der Waals surface area (Å²) in [6, 6.07) is 0.669. The second-order valence-corrected chi connectivity index (χ2v) is 5.89. The van der Waals surface area contributed by atoms with Crippen LogP contribution in [0, 0.1) is 10.1 Å². The highest BCUT2D eigenvalue weighted by Gasteiger charge is 2.33. The number of amides is 2. The van der Waals surface area contributed by atoms with E-state index < -0.39 is 34.4 Å². The first kappa shape index (κ1) is 20.0. The molecule has 0 radical (unpaired) electrons. The van der Waals surface area contributed by atoms with Crippen LogP contribution in [-0.2, 0) is 9.53 Å². The Hall–Kier alpha value is -3.30. The lowest BCUT2D eigenvalue weighted by Gasteiger charge is -2.28. The summed E-state index contributed by atoms with van der Waals surface area (Å²) in [5, 5.41) is 28.2. The Balaban J connectivity index is 2.51. The number of methoxy groups -OCH3 is 1. The minimum Gasteiger partial charge on any atom is -0.865 e. The molecule has 2 rings (SSSR count). The third-order valence-corrected chi connectivity index (χ3v) is 4.03. The summed E-state index contributed by atoms with van der Waals surface area (Å²) in [4.78, 5) is 34.8. The summed E-state index contributed by atoms with van der Waals surface area (Å²) in [7, 11) is 1.20. The number of rotatable bonds is 7. The van der Waals surface area contributed by atoms with Crippen LogP contribution in [0.3, 0.4) is 0 Å². The maximum Gasteiger partial charge on any atom is 0.338 e. The van der Waals surface area contributed by atoms with Gasteiger partial charge in [-0.15, -0.1) is 0 Å². The van der Waals surface area contributed by atoms with E-state index in [1.54, 1.807) is 0 Å². The molecule has 27 heavy (non-hydrogen) atoms. The molecule has 10 nitrogen and oxygen atoms in total. The molecule has 0 unspecified atom stereocenters. The van der Waals surface area contributed by atoms with Crippen molar-refractivity contribution in [3.05, 3.63) is 39.1 Å². The van der Waals surface area contributed by atoms with E-state index in [1.807, 2.05) is 6.92 Å². The number of hydrogen-bond acceptors (Lipinski definition) is 7. The molecule has 1 aromatic carbocycles. The van der Waals surface area contributed by atoms with Crippen molar-refractivity contribution in [3.8, 4) is 11.5 Å². The first-order valence-corrected chi connectivity index (χ1v) is 8.28. The summed E-state index contributed by atoms with van der Waals surface area (Å²) in [5.74, 6) is -1.81. The summed E-state index contributed by atoms with van der Waals surface area (Å²) < 4.78 is 10.1. The molecule has 0 saturated carbocycles. The summed E-state index contributed by atoms with van der Waals surface area (Å²) in [5.41, 5.74) is -0.193. The fraction of sp³-hybridized carbons (Fsp3) is 0.412. The van der Waals surface area contributed by atoms with Gasteiger partial charge in [-0.05, 0) is 25.0 Å². The molecule has 1 atom stereocenters. The molecule has 2 amide bonds. The van der Waals surface area contributed by atoms with Crippen LogP contribution in [0.1, 0.15) is 38.3 Å². The van der Waals surface area contributed by atoms with E-state index in [2.05, 4.69) is 10.6 Å². The second-order valence-electron chi connectivity index (χ2n) is 5.89. The first-order chi connectivity index (χ1) is 12.8. The van der Waals surface area contributed by atoms with Crippen molar-refractivity contribution in [2.75, 3.05) is 13.7 Å². The van der Waals surface area contributed by atoms with Crippen molar-refractivity contribution in [2.45, 2.75) is 32.7 Å². The molecule has 2 N–H and O–H groups in total. The summed E-state index contributed by atoms with van der Waals surface area (Å²) >= 11 is 0. The van der Waals surface area contributed by atoms with E-state index in [9.17, 15) is 24.8 Å². The van der Waals surface area contributed by atoms with Gasteiger partial charge in [0, 0.05) is 17.5 Å². The van der Waals surface area contributed by atoms with Crippen LogP contribution in [-0.4, -0.2) is 30.6 Å². The minimum absolute atomic E-state index is 0.0979. The Kier molecular flexibility index (Phi) is 6.22. The molecular formula is C17H20N3O7-. The second kappa shape index (κ2) is 8.39. The summed E-state index contributed by atoms with van der Waals surface area (Å²) in [6.45, 7) is 3.67. The number of allylic oxidation sites excluding steroid dienone is 1. The Morgan fingerprint density at radius 1 is 1.37 bits per heavy atom. The van der Waals surface area contributed by atoms with E-state index >= 15 is 0 Å². The van der Waals surface area contributed by atoms with Gasteiger partial charge in [-0.1, -0.05) is 13.3 Å². The zero-order valence-corrected chi connectivity index (χ0v) is 15.2. The van der Waals surface area contributed by atoms with E-state index in [-0.39, 0.29) is 29.2 Å². The van der Waals surface area contributed by atoms with Gasteiger partial charge >= 0.3 is 12.0 Å². The Morgan fingerprint density at radius 3 is 2.67 bits per heavy atom. The van der Waals surface area contributed by atoms with Gasteiger partial charge < -0.3 is 25.2 Å². The monoisotopic (exact) mass is 378 g/mol. The van der Waals surface area contributed by atoms with Gasteiger partial charge in [0.25, 0.3) is 5.69 Å². The Bertz CT molecular complexity index is 804. The first-order valence-electron chi connectivity index (χ1n) is 8.28. The van der Waals surface area contributed by atoms with Crippen molar-refractivity contribution in [1.29, 1.82) is 0 Å². The number of nitro benzene ring substituents is 1. The Morgan fingerprint density at radius 2 is 2.07 bits per heavy atom. The summed E-state index contributed by atoms with van der Waals surface area (Å²) in [6.07, 6.45) is 1.50. The molecule has 10 heteroatoms. The van der Waals surface area contributed by atoms with Gasteiger partial charge in [-0.3, -0.25) is 10.1 Å². The molecule has 146 valence electrons. The standard InChI is InChI=1S/C17H21N3O7/c1-4-5-6-27-16(22)13-9(2)18-17(23)19-14(13)10-7-11(20(24)25)15(21)12(8-10)26-3/h7-8,14,21H,4-6H2,1-3H3,(H2,18,19,23)/p-1/t14-/m1/s1. The highest BCUT2D eigenvalue weighted by molar-refractivity contribution is 5.95. The molecule has 0 bridgehead atoms. The lowest BCUT2D eigenvalue weighted by atomic mass is 9.94. The number of unbranched alkanes of at least 4 members (excludes halogenated alkanes) is 1. The maximum atomic E-state index is 12.5. The highest BCUT2D eigenvalue weighted by Crippen LogP contribution is 2.39. The van der Waals surface area contributed by atoms with Crippen molar-refractivity contribution in [3.63, 3.8) is 0 Å². The quantitative estimate of drug-likeness (QED) is 0.318. The van der Waals surface area contributed by atoms with Crippen molar-refractivity contribution in [2.24, 2.45) is 0 Å². The average molecular weight is 378 g/mol. The number of benzene rings is 1. The molecule has 0 aliphatic carbocycles. The van der Waals surface area contributed by atoms with Gasteiger partial charge in [-0.25, -0.2) is 9.59 Å². The Labute approximate surface area is 155 Å². The van der Waals surface area contributed by atoms with Crippen LogP contribution in [0.2, 0.25) is 0 Å². The van der Waals surface area contributed by atoms with Crippen LogP contribution in [0.25, 0.3) is 0 Å². The predicted octanol–water partition coefficient (Wildman–Crippen LogP) is 1.65. The van der Waals surface area contributed by atoms with Crippen molar-refractivity contribution >= 4 is 17.7 Å². The number of nitrogens with one attached hydrogen (secondary N) is 2. The number of hydrogen-bond donors (Lipinski definition) is 2. The molecule has 0 spiro atoms. The predicted molar refractivity (Wildman–Crippen MR) is 92.1 cm³/mol. The molecule has 1 aromatic rings. The number of ether oxygens (including phenoxy) is 2. The van der Waals surface area contributed by atoms with Crippen LogP contribution < -0.4 is 20.5 Å². The lowest BCUT2D eigenvalue weighted by molar-refractivity contribution is -0.398. The van der Waals surface area contributed by atoms with E-state index in [4.69, 9.17) is 9.47 Å². The molecule has 1 aliphatic heterocycles. The largest absolute Gasteiger partial charge is 0.865 e. The number of nitro groups is 1. The third-order valence-electron chi connectivity index (χ3n) is 4.03. The molecule has 0 saturated heterocycles. The lowest BCUT2D eigenvalue weighted by Crippen LogP contribution is -2.45. The van der Waals surface area contributed by atoms with Gasteiger partial charge in [0.1, 0.15) is 5.75 Å². The van der Waals surface area contributed by atoms with E-state index in [1.165, 1.54) is 20.1 Å². The molecule has 0 fully saturated rings. The number of nitrogens with zero attached hydrogens (tertiary/aromatic N) is 1. The third kappa shape index (κ3) is 4.27. The fourth-order valence-electron chi connectivity index (χ4n) is 2.66. The number of esters is 1. The maximum absolute atomic E-state index is 12.5. The van der Waals surface area contributed by atoms with Gasteiger partial charge in [0.05, 0.1) is 30.3 Å². The molecular weight excluding hydrogens is 358 g/mol. The van der Waals surface area contributed by atoms with Crippen LogP contribution in [0.4, 0.5) is 10.5 Å². The van der Waals surface area contributed by atoms with Crippen LogP contribution >= 0.6 is 0 Å². The zero-order valence-electron chi connectivity index (χ0n) is 15.2. The molecule has 0 aromatic heterocycles. The van der Waals surface area contributed by atoms with Crippen LogP contribution in [0.15, 0.2) is 23.4 Å². The van der Waals surface area contributed by atoms with Gasteiger partial charge in [0.2, 0.25) is 0 Å². The minimum atomic E-state index is -1.03. The van der Waals surface area contributed by atoms with Crippen molar-refractivity contribution < 1.29 is 29.1 Å². The number of carbonyl (C=O) groups excluding carboxylic acids is 2. The van der Waals surface area contributed by atoms with E-state index in [0.29, 0.717) is 6.42 Å². The smallest absolute Gasteiger partial charge is 0.338 e. The topological polar surface area (TPSA) is 143 Å². The van der Waals surface area contributed by atoms with Gasteiger partial charge in [0.15, 0.2) is 0 Å². The SMILES string of the molecule is CCCCOC(=O)C1=C(C)NC(=O)N[C@@H]1c1cc(OC)c([O-])c([N+](=O)[O-])c1.